The summed E-state index contributed by atoms with van der Waals surface area (Å²) in [5.41, 5.74) is 0. The van der Waals surface area contributed by atoms with Crippen molar-refractivity contribution in [3.63, 3.8) is 0 Å². The van der Waals surface area contributed by atoms with E-state index in [-0.39, 0.29) is 6.10 Å². The minimum atomic E-state index is -0.135. The number of aromatic nitrogens is 5. The average Bonchev–Trinajstić information content (AvgIpc) is 3.27. The fraction of sp³-hybridized carbons (Fsp3) is 0.500. The summed E-state index contributed by atoms with van der Waals surface area (Å²) in [4.78, 5) is 18.1. The molecule has 0 bridgehead atoms. The molecule has 0 saturated carbocycles. The van der Waals surface area contributed by atoms with Gasteiger partial charge in [0.05, 0.1) is 18.5 Å². The van der Waals surface area contributed by atoms with Gasteiger partial charge in [-0.1, -0.05) is 13.8 Å². The first kappa shape index (κ1) is 15.5. The fourth-order valence-corrected chi connectivity index (χ4v) is 3.86. The fourth-order valence-electron chi connectivity index (χ4n) is 2.93. The van der Waals surface area contributed by atoms with Crippen LogP contribution in [0.2, 0.25) is 0 Å². The van der Waals surface area contributed by atoms with Crippen molar-refractivity contribution in [2.24, 2.45) is 0 Å². The standard InChI is InChI=1S/C16H20N6OS/c1-3-10-7-11-15(17-9-18-16(11)24-10)22-5-6-23-12(8-22)14-19-13(4-2)20-21-14/h7,9,12H,3-6,8H2,1-2H3,(H,19,20,21). The second kappa shape index (κ2) is 6.45. The third kappa shape index (κ3) is 2.76. The van der Waals surface area contributed by atoms with E-state index in [0.29, 0.717) is 13.2 Å². The van der Waals surface area contributed by atoms with Crippen LogP contribution < -0.4 is 4.90 Å². The molecule has 3 aromatic rings. The van der Waals surface area contributed by atoms with Gasteiger partial charge in [-0.3, -0.25) is 5.10 Å². The third-order valence-electron chi connectivity index (χ3n) is 4.25. The number of nitrogens with one attached hydrogen (secondary N) is 1. The number of hydrogen-bond acceptors (Lipinski definition) is 7. The van der Waals surface area contributed by atoms with Gasteiger partial charge in [0.25, 0.3) is 0 Å². The maximum absolute atomic E-state index is 5.88. The summed E-state index contributed by atoms with van der Waals surface area (Å²) in [6.07, 6.45) is 3.37. The van der Waals surface area contributed by atoms with Crippen molar-refractivity contribution in [3.05, 3.63) is 28.9 Å². The summed E-state index contributed by atoms with van der Waals surface area (Å²) in [6, 6.07) is 2.21. The molecule has 1 unspecified atom stereocenters. The van der Waals surface area contributed by atoms with Crippen LogP contribution in [0, 0.1) is 0 Å². The van der Waals surface area contributed by atoms with Gasteiger partial charge >= 0.3 is 0 Å². The number of aromatic amines is 1. The smallest absolute Gasteiger partial charge is 0.181 e. The van der Waals surface area contributed by atoms with Crippen LogP contribution in [0.1, 0.15) is 36.5 Å². The molecule has 4 rings (SSSR count). The molecule has 24 heavy (non-hydrogen) atoms. The highest BCUT2D eigenvalue weighted by atomic mass is 32.1. The summed E-state index contributed by atoms with van der Waals surface area (Å²) < 4.78 is 5.88. The van der Waals surface area contributed by atoms with E-state index >= 15 is 0 Å². The first-order valence-electron chi connectivity index (χ1n) is 8.29. The zero-order valence-electron chi connectivity index (χ0n) is 13.8. The Morgan fingerprint density at radius 1 is 1.33 bits per heavy atom. The number of anilines is 1. The van der Waals surface area contributed by atoms with E-state index in [1.54, 1.807) is 17.7 Å². The van der Waals surface area contributed by atoms with Crippen molar-refractivity contribution < 1.29 is 4.74 Å². The van der Waals surface area contributed by atoms with Gasteiger partial charge in [0.15, 0.2) is 5.82 Å². The third-order valence-corrected chi connectivity index (χ3v) is 5.43. The number of H-pyrrole nitrogens is 1. The van der Waals surface area contributed by atoms with Crippen molar-refractivity contribution >= 4 is 27.4 Å². The molecular weight excluding hydrogens is 324 g/mol. The topological polar surface area (TPSA) is 79.8 Å². The van der Waals surface area contributed by atoms with Crippen LogP contribution in [-0.4, -0.2) is 44.8 Å². The largest absolute Gasteiger partial charge is 0.366 e. The van der Waals surface area contributed by atoms with E-state index in [2.05, 4.69) is 50.0 Å². The van der Waals surface area contributed by atoms with Gasteiger partial charge in [-0.25, -0.2) is 15.0 Å². The van der Waals surface area contributed by atoms with Gasteiger partial charge in [-0.2, -0.15) is 5.10 Å². The van der Waals surface area contributed by atoms with Crippen molar-refractivity contribution in [2.75, 3.05) is 24.6 Å². The zero-order chi connectivity index (χ0) is 16.5. The van der Waals surface area contributed by atoms with Gasteiger partial charge in [0.1, 0.15) is 28.9 Å². The predicted molar refractivity (Wildman–Crippen MR) is 93.5 cm³/mol. The Hall–Kier alpha value is -2.06. The second-order valence-corrected chi connectivity index (χ2v) is 6.90. The van der Waals surface area contributed by atoms with Gasteiger partial charge in [-0.05, 0) is 12.5 Å². The van der Waals surface area contributed by atoms with E-state index < -0.39 is 0 Å². The van der Waals surface area contributed by atoms with Crippen LogP contribution in [0.3, 0.4) is 0 Å². The highest BCUT2D eigenvalue weighted by molar-refractivity contribution is 7.18. The Labute approximate surface area is 144 Å². The monoisotopic (exact) mass is 344 g/mol. The lowest BCUT2D eigenvalue weighted by atomic mass is 10.2. The Kier molecular flexibility index (Phi) is 4.15. The molecule has 126 valence electrons. The molecule has 0 aliphatic carbocycles. The van der Waals surface area contributed by atoms with Crippen molar-refractivity contribution in [2.45, 2.75) is 32.8 Å². The number of hydrogen-bond donors (Lipinski definition) is 1. The maximum atomic E-state index is 5.88. The number of aryl methyl sites for hydroxylation is 2. The summed E-state index contributed by atoms with van der Waals surface area (Å²) in [6.45, 7) is 6.36. The van der Waals surface area contributed by atoms with Crippen molar-refractivity contribution in [3.8, 4) is 0 Å². The normalized spacial score (nSPS) is 18.4. The van der Waals surface area contributed by atoms with Crippen LogP contribution in [0.4, 0.5) is 5.82 Å². The van der Waals surface area contributed by atoms with Gasteiger partial charge in [0.2, 0.25) is 0 Å². The van der Waals surface area contributed by atoms with Crippen LogP contribution in [0.5, 0.6) is 0 Å². The molecule has 1 saturated heterocycles. The SMILES string of the molecule is CCc1nc(C2CN(c3ncnc4sc(CC)cc34)CCO2)n[nH]1. The quantitative estimate of drug-likeness (QED) is 0.783. The molecule has 0 spiro atoms. The number of thiophene rings is 1. The number of fused-ring (bicyclic) bond motifs is 1. The van der Waals surface area contributed by atoms with Crippen LogP contribution >= 0.6 is 11.3 Å². The number of rotatable bonds is 4. The minimum absolute atomic E-state index is 0.135. The maximum Gasteiger partial charge on any atom is 0.181 e. The van der Waals surface area contributed by atoms with E-state index in [1.807, 2.05) is 0 Å². The van der Waals surface area contributed by atoms with Crippen molar-refractivity contribution in [1.29, 1.82) is 0 Å². The highest BCUT2D eigenvalue weighted by Gasteiger charge is 2.27. The molecule has 4 heterocycles. The molecule has 0 amide bonds. The lowest BCUT2D eigenvalue weighted by Crippen LogP contribution is -2.39. The summed E-state index contributed by atoms with van der Waals surface area (Å²) in [7, 11) is 0. The Balaban J connectivity index is 1.63. The average molecular weight is 344 g/mol. The molecule has 7 nitrogen and oxygen atoms in total. The molecule has 3 aromatic heterocycles. The molecule has 1 N–H and O–H groups in total. The number of morpholine rings is 1. The summed E-state index contributed by atoms with van der Waals surface area (Å²) in [5.74, 6) is 2.59. The van der Waals surface area contributed by atoms with Crippen molar-refractivity contribution in [1.82, 2.24) is 25.1 Å². The second-order valence-electron chi connectivity index (χ2n) is 5.78. The van der Waals surface area contributed by atoms with Crippen LogP contribution in [0.15, 0.2) is 12.4 Å². The Morgan fingerprint density at radius 2 is 2.25 bits per heavy atom. The minimum Gasteiger partial charge on any atom is -0.366 e. The molecular formula is C16H20N6OS. The molecule has 1 aliphatic rings. The van der Waals surface area contributed by atoms with Gasteiger partial charge < -0.3 is 9.64 Å². The number of nitrogens with zero attached hydrogens (tertiary/aromatic N) is 5. The molecule has 1 aliphatic heterocycles. The van der Waals surface area contributed by atoms with Gasteiger partial charge in [-0.15, -0.1) is 11.3 Å². The first-order valence-corrected chi connectivity index (χ1v) is 9.11. The van der Waals surface area contributed by atoms with Crippen LogP contribution in [0.25, 0.3) is 10.2 Å². The summed E-state index contributed by atoms with van der Waals surface area (Å²) >= 11 is 1.74. The van der Waals surface area contributed by atoms with Crippen LogP contribution in [-0.2, 0) is 17.6 Å². The summed E-state index contributed by atoms with van der Waals surface area (Å²) in [5, 5.41) is 8.39. The van der Waals surface area contributed by atoms with Gasteiger partial charge in [0, 0.05) is 17.8 Å². The molecule has 0 aromatic carbocycles. The Morgan fingerprint density at radius 3 is 3.04 bits per heavy atom. The molecule has 1 fully saturated rings. The lowest BCUT2D eigenvalue weighted by molar-refractivity contribution is 0.0340. The first-order chi connectivity index (χ1) is 11.8. The Bertz CT molecular complexity index is 844. The highest BCUT2D eigenvalue weighted by Crippen LogP contribution is 2.32. The van der Waals surface area contributed by atoms with E-state index in [0.717, 1.165) is 47.1 Å². The number of ether oxygens (including phenoxy) is 1. The van der Waals surface area contributed by atoms with E-state index in [1.165, 1.54) is 4.88 Å². The predicted octanol–water partition coefficient (Wildman–Crippen LogP) is 2.51. The molecule has 8 heteroatoms. The molecule has 1 atom stereocenters. The zero-order valence-corrected chi connectivity index (χ0v) is 14.6. The van der Waals surface area contributed by atoms with E-state index in [4.69, 9.17) is 4.74 Å². The molecule has 0 radical (unpaired) electrons. The van der Waals surface area contributed by atoms with E-state index in [9.17, 15) is 0 Å². The lowest BCUT2D eigenvalue weighted by Gasteiger charge is -2.32.